The van der Waals surface area contributed by atoms with E-state index in [2.05, 4.69) is 22.3 Å². The molecule has 3 rings (SSSR count). The number of carbonyl (C=O) groups is 1. The van der Waals surface area contributed by atoms with E-state index in [1.807, 2.05) is 18.5 Å². The Labute approximate surface area is 153 Å². The molecule has 8 heteroatoms. The molecule has 0 aliphatic carbocycles. The summed E-state index contributed by atoms with van der Waals surface area (Å²) in [5.74, 6) is -0.341. The first-order valence-electron chi connectivity index (χ1n) is 9.39. The van der Waals surface area contributed by atoms with Gasteiger partial charge in [0.2, 0.25) is 0 Å². The number of morpholine rings is 1. The minimum absolute atomic E-state index is 0.341. The summed E-state index contributed by atoms with van der Waals surface area (Å²) in [5, 5.41) is 7.76. The van der Waals surface area contributed by atoms with E-state index in [-0.39, 0.29) is 5.97 Å². The Hall–Kier alpha value is -2.19. The van der Waals surface area contributed by atoms with Gasteiger partial charge in [-0.25, -0.2) is 9.89 Å². The normalized spacial score (nSPS) is 15.3. The van der Waals surface area contributed by atoms with Crippen LogP contribution in [0.25, 0.3) is 11.0 Å². The van der Waals surface area contributed by atoms with Crippen molar-refractivity contribution in [2.24, 2.45) is 0 Å². The maximum Gasteiger partial charge on any atom is 0.352 e. The van der Waals surface area contributed by atoms with E-state index in [9.17, 15) is 4.79 Å². The number of nitrogens with one attached hydrogen (secondary N) is 3. The summed E-state index contributed by atoms with van der Waals surface area (Å²) >= 11 is 0. The van der Waals surface area contributed by atoms with Crippen LogP contribution >= 0.6 is 0 Å². The lowest BCUT2D eigenvalue weighted by Crippen LogP contribution is -3.14. The van der Waals surface area contributed by atoms with Crippen molar-refractivity contribution >= 4 is 22.7 Å². The number of anilines is 1. The highest BCUT2D eigenvalue weighted by atomic mass is 16.5. The zero-order valence-corrected chi connectivity index (χ0v) is 15.9. The lowest BCUT2D eigenvalue weighted by molar-refractivity contribution is -0.906. The van der Waals surface area contributed by atoms with Crippen molar-refractivity contribution in [3.05, 3.63) is 17.5 Å². The number of aryl methyl sites for hydroxylation is 2. The van der Waals surface area contributed by atoms with E-state index in [0.717, 1.165) is 68.4 Å². The highest BCUT2D eigenvalue weighted by Crippen LogP contribution is 2.27. The predicted octanol–water partition coefficient (Wildman–Crippen LogP) is -0.318. The standard InChI is InChI=1S/C18H27N5O3/c1-4-23-17-15(13(3)21-23)16(14(12-20-17)18(24)26-5-2)19-6-7-22-8-10-25-11-9-22/h12H,4-11H2,1-3H3,(H,19,20,21,24)/p+2. The molecule has 0 bridgehead atoms. The van der Waals surface area contributed by atoms with Crippen LogP contribution in [0.5, 0.6) is 0 Å². The number of fused-ring (bicyclic) bond motifs is 1. The average molecular weight is 363 g/mol. The van der Waals surface area contributed by atoms with Crippen molar-refractivity contribution in [3.8, 4) is 0 Å². The number of aromatic nitrogens is 3. The summed E-state index contributed by atoms with van der Waals surface area (Å²) in [6.07, 6.45) is 1.61. The Balaban J connectivity index is 1.89. The Bertz CT molecular complexity index is 768. The quantitative estimate of drug-likeness (QED) is 0.464. The molecule has 3 N–H and O–H groups in total. The summed E-state index contributed by atoms with van der Waals surface area (Å²) in [5.41, 5.74) is 3.13. The third-order valence-electron chi connectivity index (χ3n) is 4.78. The summed E-state index contributed by atoms with van der Waals surface area (Å²) < 4.78 is 12.6. The number of aromatic amines is 1. The zero-order valence-electron chi connectivity index (χ0n) is 15.9. The molecule has 1 fully saturated rings. The first-order chi connectivity index (χ1) is 12.7. The number of nitrogens with zero attached hydrogens (tertiary/aromatic N) is 2. The summed E-state index contributed by atoms with van der Waals surface area (Å²) in [6, 6.07) is 0. The lowest BCUT2D eigenvalue weighted by atomic mass is 10.1. The second kappa shape index (κ2) is 8.46. The van der Waals surface area contributed by atoms with Crippen LogP contribution in [-0.4, -0.2) is 62.1 Å². The molecule has 26 heavy (non-hydrogen) atoms. The summed E-state index contributed by atoms with van der Waals surface area (Å²) in [6.45, 7) is 12.4. The Morgan fingerprint density at radius 1 is 1.42 bits per heavy atom. The van der Waals surface area contributed by atoms with Crippen LogP contribution in [0.4, 0.5) is 5.69 Å². The van der Waals surface area contributed by atoms with Gasteiger partial charge in [-0.05, 0) is 25.8 Å². The number of quaternary nitrogens is 1. The van der Waals surface area contributed by atoms with Crippen molar-refractivity contribution in [1.29, 1.82) is 0 Å². The highest BCUT2D eigenvalue weighted by molar-refractivity contribution is 6.04. The van der Waals surface area contributed by atoms with Crippen LogP contribution in [0.2, 0.25) is 0 Å². The molecular weight excluding hydrogens is 334 g/mol. The summed E-state index contributed by atoms with van der Waals surface area (Å²) in [4.78, 5) is 18.4. The van der Waals surface area contributed by atoms with Gasteiger partial charge in [0.05, 0.1) is 44.3 Å². The van der Waals surface area contributed by atoms with Crippen molar-refractivity contribution in [2.45, 2.75) is 27.3 Å². The molecule has 0 saturated carbocycles. The number of H-pyrrole nitrogens is 1. The van der Waals surface area contributed by atoms with Gasteiger partial charge in [0.1, 0.15) is 30.6 Å². The van der Waals surface area contributed by atoms with Gasteiger partial charge in [-0.1, -0.05) is 0 Å². The van der Waals surface area contributed by atoms with E-state index < -0.39 is 0 Å². The number of hydrogen-bond donors (Lipinski definition) is 3. The molecular formula is C18H29N5O3+2. The molecule has 1 aliphatic heterocycles. The van der Waals surface area contributed by atoms with Crippen LogP contribution in [-0.2, 0) is 16.0 Å². The van der Waals surface area contributed by atoms with Gasteiger partial charge in [-0.2, -0.15) is 4.68 Å². The second-order valence-electron chi connectivity index (χ2n) is 6.49. The van der Waals surface area contributed by atoms with Crippen LogP contribution < -0.4 is 14.9 Å². The minimum Gasteiger partial charge on any atom is -0.462 e. The fourth-order valence-corrected chi connectivity index (χ4v) is 3.42. The molecule has 0 atom stereocenters. The van der Waals surface area contributed by atoms with Gasteiger partial charge in [0.25, 0.3) is 0 Å². The third-order valence-corrected chi connectivity index (χ3v) is 4.78. The van der Waals surface area contributed by atoms with E-state index in [1.165, 1.54) is 4.90 Å². The zero-order chi connectivity index (χ0) is 18.5. The molecule has 1 aliphatic rings. The van der Waals surface area contributed by atoms with Crippen LogP contribution in [0.3, 0.4) is 0 Å². The van der Waals surface area contributed by atoms with E-state index >= 15 is 0 Å². The number of pyridine rings is 1. The predicted molar refractivity (Wildman–Crippen MR) is 97.5 cm³/mol. The van der Waals surface area contributed by atoms with Gasteiger partial charge in [0, 0.05) is 0 Å². The molecule has 3 heterocycles. The van der Waals surface area contributed by atoms with E-state index in [0.29, 0.717) is 12.2 Å². The number of rotatable bonds is 7. The minimum atomic E-state index is -0.341. The van der Waals surface area contributed by atoms with Gasteiger partial charge in [-0.15, -0.1) is 0 Å². The summed E-state index contributed by atoms with van der Waals surface area (Å²) in [7, 11) is 0. The van der Waals surface area contributed by atoms with Gasteiger partial charge in [-0.3, -0.25) is 0 Å². The van der Waals surface area contributed by atoms with E-state index in [4.69, 9.17) is 9.47 Å². The molecule has 2 aromatic heterocycles. The number of hydrogen-bond acceptors (Lipinski definition) is 5. The highest BCUT2D eigenvalue weighted by Gasteiger charge is 2.26. The second-order valence-corrected chi connectivity index (χ2v) is 6.49. The van der Waals surface area contributed by atoms with Crippen molar-refractivity contribution in [3.63, 3.8) is 0 Å². The fraction of sp³-hybridized carbons (Fsp3) is 0.611. The number of esters is 1. The van der Waals surface area contributed by atoms with Gasteiger partial charge < -0.3 is 19.7 Å². The average Bonchev–Trinajstić information content (AvgIpc) is 2.99. The van der Waals surface area contributed by atoms with E-state index in [1.54, 1.807) is 6.20 Å². The van der Waals surface area contributed by atoms with Crippen molar-refractivity contribution < 1.29 is 23.8 Å². The topological polar surface area (TPSA) is 84.6 Å². The third kappa shape index (κ3) is 3.81. The van der Waals surface area contributed by atoms with Gasteiger partial charge in [0.15, 0.2) is 6.20 Å². The molecule has 8 nitrogen and oxygen atoms in total. The molecule has 0 aromatic carbocycles. The maximum absolute atomic E-state index is 12.4. The van der Waals surface area contributed by atoms with Gasteiger partial charge >= 0.3 is 11.6 Å². The molecule has 0 unspecified atom stereocenters. The largest absolute Gasteiger partial charge is 0.462 e. The van der Waals surface area contributed by atoms with Crippen LogP contribution in [0, 0.1) is 6.92 Å². The molecule has 142 valence electrons. The molecule has 2 aromatic rings. The van der Waals surface area contributed by atoms with Crippen LogP contribution in [0.1, 0.15) is 29.9 Å². The maximum atomic E-state index is 12.4. The van der Waals surface area contributed by atoms with Crippen molar-refractivity contribution in [1.82, 2.24) is 10.1 Å². The Kier molecular flexibility index (Phi) is 6.05. The number of ether oxygens (including phenoxy) is 2. The first kappa shape index (κ1) is 18.6. The first-order valence-corrected chi connectivity index (χ1v) is 9.39. The SMILES string of the molecule is CCOC(=O)c1cnc2c(c(C)[nH][n+]2CC)c1NCC[NH+]1CCOCC1. The Morgan fingerprint density at radius 3 is 2.88 bits per heavy atom. The molecule has 0 spiro atoms. The Morgan fingerprint density at radius 2 is 2.19 bits per heavy atom. The monoisotopic (exact) mass is 363 g/mol. The van der Waals surface area contributed by atoms with Crippen molar-refractivity contribution in [2.75, 3.05) is 51.3 Å². The fourth-order valence-electron chi connectivity index (χ4n) is 3.42. The lowest BCUT2D eigenvalue weighted by Gasteiger charge is -2.24. The molecule has 0 amide bonds. The van der Waals surface area contributed by atoms with Crippen LogP contribution in [0.15, 0.2) is 6.20 Å². The smallest absolute Gasteiger partial charge is 0.352 e. The molecule has 0 radical (unpaired) electrons. The number of carbonyl (C=O) groups excluding carboxylic acids is 1. The molecule has 1 saturated heterocycles.